The highest BCUT2D eigenvalue weighted by Gasteiger charge is 2.23. The van der Waals surface area contributed by atoms with Crippen molar-refractivity contribution in [2.24, 2.45) is 5.92 Å². The van der Waals surface area contributed by atoms with Crippen molar-refractivity contribution < 1.29 is 9.59 Å². The molecule has 0 aliphatic carbocycles. The number of hydrogen-bond acceptors (Lipinski definition) is 3. The predicted molar refractivity (Wildman–Crippen MR) is 68.6 cm³/mol. The van der Waals surface area contributed by atoms with E-state index in [-0.39, 0.29) is 17.7 Å². The van der Waals surface area contributed by atoms with Gasteiger partial charge in [0, 0.05) is 13.1 Å². The molecule has 0 aromatic rings. The van der Waals surface area contributed by atoms with Gasteiger partial charge < -0.3 is 10.6 Å². The lowest BCUT2D eigenvalue weighted by molar-refractivity contribution is -0.130. The van der Waals surface area contributed by atoms with E-state index >= 15 is 0 Å². The molecule has 5 heteroatoms. The second-order valence-electron chi connectivity index (χ2n) is 4.91. The van der Waals surface area contributed by atoms with E-state index in [0.717, 1.165) is 0 Å². The van der Waals surface area contributed by atoms with Crippen LogP contribution in [0, 0.1) is 5.92 Å². The molecule has 0 saturated heterocycles. The van der Waals surface area contributed by atoms with Crippen LogP contribution in [0.15, 0.2) is 0 Å². The summed E-state index contributed by atoms with van der Waals surface area (Å²) in [7, 11) is 3.46. The molecule has 2 amide bonds. The average Bonchev–Trinajstić information content (AvgIpc) is 2.24. The van der Waals surface area contributed by atoms with Gasteiger partial charge in [-0.05, 0) is 26.8 Å². The van der Waals surface area contributed by atoms with E-state index in [9.17, 15) is 9.59 Å². The second-order valence-corrected chi connectivity index (χ2v) is 4.91. The third-order valence-corrected chi connectivity index (χ3v) is 2.79. The molecule has 0 aliphatic rings. The maximum atomic E-state index is 11.8. The fourth-order valence-electron chi connectivity index (χ4n) is 1.32. The topological polar surface area (TPSA) is 61.4 Å². The number of carbonyl (C=O) groups excluding carboxylic acids is 2. The molecule has 0 heterocycles. The summed E-state index contributed by atoms with van der Waals surface area (Å²) in [5.41, 5.74) is 0. The fraction of sp³-hybridized carbons (Fsp3) is 0.833. The molecule has 0 saturated carbocycles. The van der Waals surface area contributed by atoms with Crippen molar-refractivity contribution in [3.8, 4) is 0 Å². The first-order chi connectivity index (χ1) is 7.79. The minimum absolute atomic E-state index is 0.0725. The van der Waals surface area contributed by atoms with Gasteiger partial charge >= 0.3 is 0 Å². The van der Waals surface area contributed by atoms with Crippen LogP contribution in [-0.4, -0.2) is 49.4 Å². The molecule has 0 fully saturated rings. The van der Waals surface area contributed by atoms with Gasteiger partial charge in [-0.3, -0.25) is 14.5 Å². The van der Waals surface area contributed by atoms with Gasteiger partial charge in [0.05, 0.1) is 6.54 Å². The Balaban J connectivity index is 4.37. The summed E-state index contributed by atoms with van der Waals surface area (Å²) in [6.07, 6.45) is 0. The van der Waals surface area contributed by atoms with Gasteiger partial charge in [0.25, 0.3) is 0 Å². The number of amides is 2. The van der Waals surface area contributed by atoms with Crippen molar-refractivity contribution in [3.63, 3.8) is 0 Å². The Labute approximate surface area is 104 Å². The van der Waals surface area contributed by atoms with E-state index in [1.807, 2.05) is 39.6 Å². The number of carbonyl (C=O) groups is 2. The molecule has 2 N–H and O–H groups in total. The normalized spacial score (nSPS) is 13.0. The molecule has 0 aromatic carbocycles. The number of likely N-dealkylation sites (N-methyl/N-ethyl adjacent to an activating group) is 2. The summed E-state index contributed by atoms with van der Waals surface area (Å²) in [4.78, 5) is 25.3. The first kappa shape index (κ1) is 15.9. The number of rotatable bonds is 6. The highest BCUT2D eigenvalue weighted by Crippen LogP contribution is 2.02. The van der Waals surface area contributed by atoms with Crippen molar-refractivity contribution in [1.29, 1.82) is 0 Å². The highest BCUT2D eigenvalue weighted by molar-refractivity contribution is 5.88. The Morgan fingerprint density at radius 1 is 1.18 bits per heavy atom. The molecule has 0 aliphatic heterocycles. The molecule has 100 valence electrons. The number of hydrogen-bond donors (Lipinski definition) is 2. The van der Waals surface area contributed by atoms with Crippen LogP contribution in [-0.2, 0) is 9.59 Å². The van der Waals surface area contributed by atoms with Crippen LogP contribution >= 0.6 is 0 Å². The first-order valence-electron chi connectivity index (χ1n) is 6.00. The number of nitrogens with zero attached hydrogens (tertiary/aromatic N) is 1. The predicted octanol–water partition coefficient (Wildman–Crippen LogP) is 0.213. The van der Waals surface area contributed by atoms with Crippen molar-refractivity contribution >= 4 is 11.8 Å². The highest BCUT2D eigenvalue weighted by atomic mass is 16.2. The molecule has 5 nitrogen and oxygen atoms in total. The van der Waals surface area contributed by atoms with Crippen molar-refractivity contribution in [2.75, 3.05) is 20.6 Å². The minimum atomic E-state index is -0.465. The smallest absolute Gasteiger partial charge is 0.242 e. The quantitative estimate of drug-likeness (QED) is 0.701. The lowest BCUT2D eigenvalue weighted by atomic mass is 10.0. The second kappa shape index (κ2) is 7.27. The third-order valence-electron chi connectivity index (χ3n) is 2.79. The molecule has 1 atom stereocenters. The molecule has 0 spiro atoms. The molecule has 17 heavy (non-hydrogen) atoms. The summed E-state index contributed by atoms with van der Waals surface area (Å²) < 4.78 is 0. The zero-order valence-electron chi connectivity index (χ0n) is 11.7. The van der Waals surface area contributed by atoms with Crippen molar-refractivity contribution in [1.82, 2.24) is 15.5 Å². The zero-order valence-corrected chi connectivity index (χ0v) is 11.7. The molecule has 0 rings (SSSR count). The Morgan fingerprint density at radius 2 is 1.71 bits per heavy atom. The third kappa shape index (κ3) is 5.68. The minimum Gasteiger partial charge on any atom is -0.357 e. The van der Waals surface area contributed by atoms with Gasteiger partial charge in [0.2, 0.25) is 11.8 Å². The van der Waals surface area contributed by atoms with E-state index in [2.05, 4.69) is 10.6 Å². The van der Waals surface area contributed by atoms with Crippen molar-refractivity contribution in [3.05, 3.63) is 0 Å². The average molecular weight is 243 g/mol. The summed E-state index contributed by atoms with van der Waals surface area (Å²) in [5, 5.41) is 5.32. The van der Waals surface area contributed by atoms with E-state index < -0.39 is 6.04 Å². The Hall–Kier alpha value is -1.10. The van der Waals surface area contributed by atoms with Gasteiger partial charge in [-0.25, -0.2) is 0 Å². The van der Waals surface area contributed by atoms with Crippen LogP contribution in [0.2, 0.25) is 0 Å². The van der Waals surface area contributed by atoms with Crippen LogP contribution in [0.4, 0.5) is 0 Å². The maximum absolute atomic E-state index is 11.8. The molecular formula is C12H25N3O2. The van der Waals surface area contributed by atoms with Gasteiger partial charge in [-0.15, -0.1) is 0 Å². The molecule has 1 unspecified atom stereocenters. The summed E-state index contributed by atoms with van der Waals surface area (Å²) >= 11 is 0. The maximum Gasteiger partial charge on any atom is 0.242 e. The van der Waals surface area contributed by atoms with Gasteiger partial charge in [0.15, 0.2) is 0 Å². The summed E-state index contributed by atoms with van der Waals surface area (Å²) in [6, 6.07) is -0.161. The van der Waals surface area contributed by atoms with E-state index in [1.165, 1.54) is 0 Å². The zero-order chi connectivity index (χ0) is 13.6. The lowest BCUT2D eigenvalue weighted by Crippen LogP contribution is -2.51. The van der Waals surface area contributed by atoms with Crippen LogP contribution in [0.5, 0.6) is 0 Å². The van der Waals surface area contributed by atoms with Crippen LogP contribution in [0.1, 0.15) is 27.7 Å². The van der Waals surface area contributed by atoms with Gasteiger partial charge in [-0.2, -0.15) is 0 Å². The molecule has 0 radical (unpaired) electrons. The van der Waals surface area contributed by atoms with Crippen molar-refractivity contribution in [2.45, 2.75) is 39.8 Å². The van der Waals surface area contributed by atoms with E-state index in [1.54, 1.807) is 7.05 Å². The molecular weight excluding hydrogens is 218 g/mol. The number of nitrogens with one attached hydrogen (secondary N) is 2. The SMILES string of the molecule is CNC(=O)C(NC(=O)CN(C)C(C)C)C(C)C. The Kier molecular flexibility index (Phi) is 6.80. The van der Waals surface area contributed by atoms with E-state index in [0.29, 0.717) is 12.6 Å². The van der Waals surface area contributed by atoms with Crippen LogP contribution in [0.25, 0.3) is 0 Å². The Bertz CT molecular complexity index is 264. The summed E-state index contributed by atoms with van der Waals surface area (Å²) in [6.45, 7) is 8.16. The molecule has 0 bridgehead atoms. The largest absolute Gasteiger partial charge is 0.357 e. The molecule has 0 aromatic heterocycles. The van der Waals surface area contributed by atoms with Gasteiger partial charge in [-0.1, -0.05) is 13.8 Å². The summed E-state index contributed by atoms with van der Waals surface area (Å²) in [5.74, 6) is -0.202. The van der Waals surface area contributed by atoms with Crippen LogP contribution in [0.3, 0.4) is 0 Å². The van der Waals surface area contributed by atoms with Crippen LogP contribution < -0.4 is 10.6 Å². The monoisotopic (exact) mass is 243 g/mol. The fourth-order valence-corrected chi connectivity index (χ4v) is 1.32. The van der Waals surface area contributed by atoms with Gasteiger partial charge in [0.1, 0.15) is 6.04 Å². The lowest BCUT2D eigenvalue weighted by Gasteiger charge is -2.24. The standard InChI is InChI=1S/C12H25N3O2/c1-8(2)11(12(17)13-5)14-10(16)7-15(6)9(3)4/h8-9,11H,7H2,1-6H3,(H,13,17)(H,14,16). The Morgan fingerprint density at radius 3 is 2.06 bits per heavy atom. The van der Waals surface area contributed by atoms with E-state index in [4.69, 9.17) is 0 Å². The first-order valence-corrected chi connectivity index (χ1v) is 6.00.